The van der Waals surface area contributed by atoms with Crippen LogP contribution < -0.4 is 5.32 Å². The van der Waals surface area contributed by atoms with Crippen molar-refractivity contribution in [1.82, 2.24) is 24.7 Å². The lowest BCUT2D eigenvalue weighted by Crippen LogP contribution is -2.02. The van der Waals surface area contributed by atoms with E-state index in [-0.39, 0.29) is 0 Å². The van der Waals surface area contributed by atoms with Gasteiger partial charge in [-0.15, -0.1) is 5.10 Å². The maximum atomic E-state index is 4.63. The lowest BCUT2D eigenvalue weighted by atomic mass is 10.3. The molecule has 0 saturated carbocycles. The highest BCUT2D eigenvalue weighted by atomic mass is 16.5. The van der Waals surface area contributed by atoms with Crippen LogP contribution in [0, 0.1) is 6.92 Å². The molecule has 0 saturated heterocycles. The molecule has 0 atom stereocenters. The average molecular weight is 230 g/mol. The molecule has 0 unspecified atom stereocenters. The molecule has 0 fully saturated rings. The van der Waals surface area contributed by atoms with Crippen molar-refractivity contribution in [3.05, 3.63) is 36.1 Å². The molecule has 7 nitrogen and oxygen atoms in total. The predicted octanol–water partition coefficient (Wildman–Crippen LogP) is 1.03. The van der Waals surface area contributed by atoms with Crippen molar-refractivity contribution in [2.24, 2.45) is 0 Å². The normalized spacial score (nSPS) is 10.9. The van der Waals surface area contributed by atoms with E-state index in [0.717, 1.165) is 11.2 Å². The lowest BCUT2D eigenvalue weighted by Gasteiger charge is -1.94. The van der Waals surface area contributed by atoms with Gasteiger partial charge < -0.3 is 9.84 Å². The van der Waals surface area contributed by atoms with Crippen LogP contribution in [0.15, 0.2) is 29.2 Å². The highest BCUT2D eigenvalue weighted by Gasteiger charge is 2.04. The number of rotatable bonds is 3. The largest absolute Gasteiger partial charge is 0.345 e. The molecule has 3 heterocycles. The number of hydrogen-bond donors (Lipinski definition) is 1. The fourth-order valence-corrected chi connectivity index (χ4v) is 1.49. The number of nitrogens with zero attached hydrogens (tertiary/aromatic N) is 5. The van der Waals surface area contributed by atoms with Gasteiger partial charge in [-0.1, -0.05) is 5.16 Å². The maximum Gasteiger partial charge on any atom is 0.243 e. The van der Waals surface area contributed by atoms with Crippen LogP contribution in [-0.2, 0) is 6.54 Å². The first-order chi connectivity index (χ1) is 8.31. The first kappa shape index (κ1) is 9.76. The van der Waals surface area contributed by atoms with Crippen molar-refractivity contribution in [1.29, 1.82) is 0 Å². The Morgan fingerprint density at radius 2 is 2.41 bits per heavy atom. The molecule has 0 aliphatic heterocycles. The summed E-state index contributed by atoms with van der Waals surface area (Å²) in [6.45, 7) is 2.45. The molecule has 0 aliphatic carbocycles. The summed E-state index contributed by atoms with van der Waals surface area (Å²) in [6, 6.07) is 3.94. The number of aromatic nitrogens is 5. The van der Waals surface area contributed by atoms with Crippen LogP contribution in [0.1, 0.15) is 11.4 Å². The summed E-state index contributed by atoms with van der Waals surface area (Å²) in [5, 5.41) is 11.0. The zero-order valence-corrected chi connectivity index (χ0v) is 9.16. The Bertz CT molecular complexity index is 629. The molecule has 0 radical (unpaired) electrons. The number of fused-ring (bicyclic) bond motifs is 1. The molecule has 3 aromatic rings. The van der Waals surface area contributed by atoms with Crippen molar-refractivity contribution < 1.29 is 4.52 Å². The summed E-state index contributed by atoms with van der Waals surface area (Å²) in [4.78, 5) is 8.22. The van der Waals surface area contributed by atoms with Crippen LogP contribution in [0.25, 0.3) is 5.65 Å². The fourth-order valence-electron chi connectivity index (χ4n) is 1.49. The highest BCUT2D eigenvalue weighted by Crippen LogP contribution is 2.07. The number of aryl methyl sites for hydroxylation is 1. The van der Waals surface area contributed by atoms with Crippen LogP contribution in [-0.4, -0.2) is 24.7 Å². The van der Waals surface area contributed by atoms with E-state index >= 15 is 0 Å². The van der Waals surface area contributed by atoms with Gasteiger partial charge in [-0.25, -0.2) is 4.52 Å². The first-order valence-electron chi connectivity index (χ1n) is 5.13. The van der Waals surface area contributed by atoms with Crippen LogP contribution >= 0.6 is 0 Å². The number of hydrogen-bond acceptors (Lipinski definition) is 6. The van der Waals surface area contributed by atoms with Crippen molar-refractivity contribution in [3.63, 3.8) is 0 Å². The van der Waals surface area contributed by atoms with Crippen molar-refractivity contribution in [2.45, 2.75) is 13.5 Å². The third-order valence-electron chi connectivity index (χ3n) is 2.30. The monoisotopic (exact) mass is 230 g/mol. The zero-order valence-electron chi connectivity index (χ0n) is 9.16. The van der Waals surface area contributed by atoms with Crippen LogP contribution in [0.5, 0.6) is 0 Å². The third kappa shape index (κ3) is 1.94. The van der Waals surface area contributed by atoms with Crippen LogP contribution in [0.2, 0.25) is 0 Å². The van der Waals surface area contributed by atoms with E-state index in [4.69, 9.17) is 0 Å². The summed E-state index contributed by atoms with van der Waals surface area (Å²) in [5.41, 5.74) is 1.95. The molecule has 3 rings (SSSR count). The molecule has 0 spiro atoms. The van der Waals surface area contributed by atoms with Gasteiger partial charge in [0.05, 0.1) is 6.54 Å². The third-order valence-corrected chi connectivity index (χ3v) is 2.30. The molecule has 0 aliphatic rings. The smallest absolute Gasteiger partial charge is 0.243 e. The lowest BCUT2D eigenvalue weighted by molar-refractivity contribution is 0.411. The van der Waals surface area contributed by atoms with Gasteiger partial charge in [0.25, 0.3) is 0 Å². The molecule has 17 heavy (non-hydrogen) atoms. The van der Waals surface area contributed by atoms with Crippen LogP contribution in [0.4, 0.5) is 5.95 Å². The van der Waals surface area contributed by atoms with Crippen molar-refractivity contribution in [3.8, 4) is 0 Å². The molecular weight excluding hydrogens is 220 g/mol. The molecule has 7 heteroatoms. The quantitative estimate of drug-likeness (QED) is 0.723. The Kier molecular flexibility index (Phi) is 2.21. The van der Waals surface area contributed by atoms with Gasteiger partial charge in [0, 0.05) is 6.20 Å². The summed E-state index contributed by atoms with van der Waals surface area (Å²) in [5.74, 6) is 1.11. The second kappa shape index (κ2) is 3.85. The van der Waals surface area contributed by atoms with Gasteiger partial charge in [0.1, 0.15) is 0 Å². The molecule has 0 bridgehead atoms. The Hall–Kier alpha value is -2.44. The van der Waals surface area contributed by atoms with Gasteiger partial charge >= 0.3 is 0 Å². The van der Waals surface area contributed by atoms with Crippen LogP contribution in [0.3, 0.4) is 0 Å². The van der Waals surface area contributed by atoms with Gasteiger partial charge in [0.15, 0.2) is 11.5 Å². The SMILES string of the molecule is Cc1ccn2nc(NCc3ncon3)nc2c1. The van der Waals surface area contributed by atoms with Gasteiger partial charge in [-0.3, -0.25) is 0 Å². The topological polar surface area (TPSA) is 81.1 Å². The van der Waals surface area contributed by atoms with E-state index in [1.54, 1.807) is 4.52 Å². The average Bonchev–Trinajstić information content (AvgIpc) is 2.94. The summed E-state index contributed by atoms with van der Waals surface area (Å²) in [7, 11) is 0. The molecule has 3 aromatic heterocycles. The van der Waals surface area contributed by atoms with Gasteiger partial charge in [-0.2, -0.15) is 9.97 Å². The Morgan fingerprint density at radius 1 is 1.47 bits per heavy atom. The minimum absolute atomic E-state index is 0.437. The van der Waals surface area contributed by atoms with E-state index < -0.39 is 0 Å². The van der Waals surface area contributed by atoms with Crippen molar-refractivity contribution in [2.75, 3.05) is 5.32 Å². The second-order valence-electron chi connectivity index (χ2n) is 3.64. The highest BCUT2D eigenvalue weighted by molar-refractivity contribution is 5.45. The van der Waals surface area contributed by atoms with E-state index in [1.807, 2.05) is 25.3 Å². The Morgan fingerprint density at radius 3 is 3.24 bits per heavy atom. The van der Waals surface area contributed by atoms with E-state index in [9.17, 15) is 0 Å². The Balaban J connectivity index is 1.81. The van der Waals surface area contributed by atoms with E-state index in [1.165, 1.54) is 6.39 Å². The number of pyridine rings is 1. The minimum atomic E-state index is 0.437. The number of nitrogens with one attached hydrogen (secondary N) is 1. The summed E-state index contributed by atoms with van der Waals surface area (Å²) < 4.78 is 6.34. The molecular formula is C10H10N6O. The second-order valence-corrected chi connectivity index (χ2v) is 3.64. The first-order valence-corrected chi connectivity index (χ1v) is 5.13. The molecule has 0 aromatic carbocycles. The molecule has 0 amide bonds. The summed E-state index contributed by atoms with van der Waals surface area (Å²) in [6.07, 6.45) is 3.16. The maximum absolute atomic E-state index is 4.63. The number of anilines is 1. The molecule has 86 valence electrons. The van der Waals surface area contributed by atoms with Gasteiger partial charge in [0.2, 0.25) is 12.3 Å². The van der Waals surface area contributed by atoms with E-state index in [2.05, 4.69) is 30.1 Å². The van der Waals surface area contributed by atoms with Gasteiger partial charge in [-0.05, 0) is 24.6 Å². The standard InChI is InChI=1S/C10H10N6O/c1-7-2-3-16-9(4-7)13-10(14-16)11-5-8-12-6-17-15-8/h2-4,6H,5H2,1H3,(H,11,14). The molecule has 1 N–H and O–H groups in total. The van der Waals surface area contributed by atoms with Crippen molar-refractivity contribution >= 4 is 11.6 Å². The predicted molar refractivity (Wildman–Crippen MR) is 59.3 cm³/mol. The zero-order chi connectivity index (χ0) is 11.7. The summed E-state index contributed by atoms with van der Waals surface area (Å²) >= 11 is 0. The Labute approximate surface area is 96.5 Å². The minimum Gasteiger partial charge on any atom is -0.345 e. The van der Waals surface area contributed by atoms with E-state index in [0.29, 0.717) is 18.3 Å². The fraction of sp³-hybridized carbons (Fsp3) is 0.200.